The molecule has 0 aliphatic carbocycles. The molecule has 0 saturated heterocycles. The van der Waals surface area contributed by atoms with Crippen molar-refractivity contribution in [2.75, 3.05) is 21.2 Å². The third-order valence-electron chi connectivity index (χ3n) is 6.42. The maximum Gasteiger partial charge on any atom is 0.328 e. The van der Waals surface area contributed by atoms with Crippen molar-refractivity contribution in [1.82, 2.24) is 15.1 Å². The van der Waals surface area contributed by atoms with E-state index in [1.165, 1.54) is 31.0 Å². The van der Waals surface area contributed by atoms with Crippen molar-refractivity contribution in [3.8, 4) is 0 Å². The Bertz CT molecular complexity index is 911. The molecule has 1 rings (SSSR count). The molecule has 0 saturated carbocycles. The van der Waals surface area contributed by atoms with Crippen molar-refractivity contribution < 1.29 is 23.9 Å². The van der Waals surface area contributed by atoms with E-state index in [1.54, 1.807) is 0 Å². The zero-order valence-electron chi connectivity index (χ0n) is 22.7. The van der Waals surface area contributed by atoms with E-state index in [2.05, 4.69) is 5.32 Å². The normalized spacial score (nSPS) is 14.5. The molecule has 0 spiro atoms. The summed E-state index contributed by atoms with van der Waals surface area (Å²) in [7, 11) is 9.83. The van der Waals surface area contributed by atoms with E-state index in [0.717, 1.165) is 5.56 Å². The van der Waals surface area contributed by atoms with Crippen molar-refractivity contribution in [3.63, 3.8) is 0 Å². The second-order valence-electron chi connectivity index (χ2n) is 10.9. The fourth-order valence-electron chi connectivity index (χ4n) is 4.35. The predicted molar refractivity (Wildman–Crippen MR) is 137 cm³/mol. The number of methoxy groups -OCH3 is 1. The van der Waals surface area contributed by atoms with E-state index in [-0.39, 0.29) is 5.92 Å². The van der Waals surface area contributed by atoms with Gasteiger partial charge in [0, 0.05) is 19.5 Å². The number of hydrogen-bond donors (Lipinski definition) is 1. The van der Waals surface area contributed by atoms with Gasteiger partial charge in [0.05, 0.1) is 7.11 Å². The maximum absolute atomic E-state index is 13.8. The number of amides is 3. The molecule has 192 valence electrons. The van der Waals surface area contributed by atoms with E-state index in [0.29, 0.717) is 0 Å². The Morgan fingerprint density at radius 1 is 0.943 bits per heavy atom. The Morgan fingerprint density at radius 2 is 1.46 bits per heavy atom. The van der Waals surface area contributed by atoms with Crippen LogP contribution in [0.3, 0.4) is 0 Å². The summed E-state index contributed by atoms with van der Waals surface area (Å²) >= 11 is 0. The summed E-state index contributed by atoms with van der Waals surface area (Å²) in [5.74, 6) is -2.48. The van der Waals surface area contributed by atoms with Gasteiger partial charge < -0.3 is 19.9 Å². The number of hydrogen-bond acceptors (Lipinski definition) is 5. The minimum absolute atomic E-state index is 0.210. The van der Waals surface area contributed by atoms with Gasteiger partial charge in [0.15, 0.2) is 5.81 Å². The minimum Gasteiger partial charge on any atom is -0.467 e. The molecule has 0 fully saturated rings. The molecule has 3 amide bonds. The van der Waals surface area contributed by atoms with Crippen LogP contribution in [-0.4, -0.2) is 80.6 Å². The summed E-state index contributed by atoms with van der Waals surface area (Å²) in [6.07, 6.45) is 0. The Hall–Kier alpha value is -2.84. The number of ether oxygens (including phenoxy) is 1. The van der Waals surface area contributed by atoms with Gasteiger partial charge in [-0.15, -0.1) is 0 Å². The van der Waals surface area contributed by atoms with Crippen LogP contribution in [0.5, 0.6) is 0 Å². The number of esters is 1. The number of rotatable bonds is 9. The molecule has 35 heavy (non-hydrogen) atoms. The third-order valence-corrected chi connectivity index (χ3v) is 6.42. The van der Waals surface area contributed by atoms with Crippen LogP contribution in [-0.2, 0) is 24.5 Å². The number of nitrogens with zero attached hydrogens (tertiary/aromatic N) is 2. The first-order valence-electron chi connectivity index (χ1n) is 11.7. The summed E-state index contributed by atoms with van der Waals surface area (Å²) in [5.41, 5.74) is -0.709. The van der Waals surface area contributed by atoms with Crippen LogP contribution in [0.4, 0.5) is 4.79 Å². The molecule has 8 nitrogen and oxygen atoms in total. The van der Waals surface area contributed by atoms with Gasteiger partial charge >= 0.3 is 5.97 Å². The van der Waals surface area contributed by atoms with Crippen molar-refractivity contribution in [2.45, 2.75) is 72.0 Å². The van der Waals surface area contributed by atoms with Gasteiger partial charge in [-0.1, -0.05) is 78.8 Å². The topological polar surface area (TPSA) is 96.0 Å². The zero-order chi connectivity index (χ0) is 27.3. The van der Waals surface area contributed by atoms with Crippen LogP contribution in [0.1, 0.15) is 54.0 Å². The summed E-state index contributed by atoms with van der Waals surface area (Å²) in [6.45, 7) is 12.8. The summed E-state index contributed by atoms with van der Waals surface area (Å²) in [6, 6.07) is 6.50. The van der Waals surface area contributed by atoms with Crippen molar-refractivity contribution in [3.05, 3.63) is 35.9 Å². The fraction of sp³-hybridized carbons (Fsp3) is 0.615. The Morgan fingerprint density at radius 3 is 1.86 bits per heavy atom. The minimum atomic E-state index is -1.01. The van der Waals surface area contributed by atoms with Crippen LogP contribution in [0.2, 0.25) is 0 Å². The lowest BCUT2D eigenvalue weighted by molar-refractivity contribution is -0.155. The molecule has 1 aromatic rings. The zero-order valence-corrected chi connectivity index (χ0v) is 22.7. The van der Waals surface area contributed by atoms with Crippen LogP contribution < -0.4 is 5.32 Å². The first-order chi connectivity index (χ1) is 16.0. The molecule has 3 atom stereocenters. The first-order valence-corrected chi connectivity index (χ1v) is 11.7. The summed E-state index contributed by atoms with van der Waals surface area (Å²) < 4.78 is 4.90. The highest BCUT2D eigenvalue weighted by molar-refractivity contribution is 6.57. The van der Waals surface area contributed by atoms with Gasteiger partial charge in [-0.05, 0) is 16.9 Å². The monoisotopic (exact) mass is 485 g/mol. The maximum atomic E-state index is 13.8. The van der Waals surface area contributed by atoms with Gasteiger partial charge in [-0.3, -0.25) is 14.4 Å². The summed E-state index contributed by atoms with van der Waals surface area (Å²) in [4.78, 5) is 54.5. The quantitative estimate of drug-likeness (QED) is 0.429. The number of likely N-dealkylation sites (N-methyl/N-ethyl adjacent to an activating group) is 2. The highest BCUT2D eigenvalue weighted by Gasteiger charge is 2.45. The SMILES string of the molecule is [B]C(=O)N(C)C(C(=O)NC(C(=O)N(C)C(C(=O)OC)C(C)C)C(C)(C)C)C(C)(C)c1ccccc1. The highest BCUT2D eigenvalue weighted by Crippen LogP contribution is 2.31. The predicted octanol–water partition coefficient (Wildman–Crippen LogP) is 2.74. The molecule has 0 aliphatic heterocycles. The smallest absolute Gasteiger partial charge is 0.328 e. The average molecular weight is 485 g/mol. The third kappa shape index (κ3) is 7.09. The number of carbonyl (C=O) groups excluding carboxylic acids is 4. The van der Waals surface area contributed by atoms with E-state index in [1.807, 2.05) is 78.8 Å². The highest BCUT2D eigenvalue weighted by atomic mass is 16.5. The molecule has 1 N–H and O–H groups in total. The molecular formula is C26H40BN3O5. The van der Waals surface area contributed by atoms with E-state index in [9.17, 15) is 19.2 Å². The summed E-state index contributed by atoms with van der Waals surface area (Å²) in [5, 5.41) is 2.87. The average Bonchev–Trinajstić information content (AvgIpc) is 2.76. The molecule has 0 aliphatic rings. The lowest BCUT2D eigenvalue weighted by Crippen LogP contribution is -2.63. The van der Waals surface area contributed by atoms with E-state index >= 15 is 0 Å². The second-order valence-corrected chi connectivity index (χ2v) is 10.9. The lowest BCUT2D eigenvalue weighted by atomic mass is 9.75. The van der Waals surface area contributed by atoms with Crippen LogP contribution >= 0.6 is 0 Å². The molecule has 1 aromatic carbocycles. The molecule has 0 aromatic heterocycles. The fourth-order valence-corrected chi connectivity index (χ4v) is 4.35. The van der Waals surface area contributed by atoms with Crippen LogP contribution in [0.25, 0.3) is 0 Å². The number of benzene rings is 1. The molecule has 0 heterocycles. The Balaban J connectivity index is 3.45. The standard InChI is InChI=1S/C26H40BN3O5/c1-16(2)18(23(33)35-10)29(8)22(32)19(25(3,4)5)28-21(31)20(30(9)24(27)34)26(6,7)17-14-12-11-13-15-17/h11-16,18-20H,1-10H3,(H,28,31). The van der Waals surface area contributed by atoms with Crippen molar-refractivity contribution >= 4 is 31.4 Å². The van der Waals surface area contributed by atoms with Gasteiger partial charge in [0.2, 0.25) is 19.7 Å². The first kappa shape index (κ1) is 30.2. The molecule has 0 bridgehead atoms. The van der Waals surface area contributed by atoms with Gasteiger partial charge in [0.25, 0.3) is 0 Å². The Kier molecular flexibility index (Phi) is 10.1. The largest absolute Gasteiger partial charge is 0.467 e. The molecule has 9 heteroatoms. The molecule has 2 radical (unpaired) electrons. The van der Waals surface area contributed by atoms with Gasteiger partial charge in [-0.2, -0.15) is 0 Å². The van der Waals surface area contributed by atoms with Gasteiger partial charge in [0.1, 0.15) is 18.1 Å². The molecule has 3 unspecified atom stereocenters. The number of carbonyl (C=O) groups is 4. The van der Waals surface area contributed by atoms with Crippen LogP contribution in [0, 0.1) is 11.3 Å². The van der Waals surface area contributed by atoms with E-state index in [4.69, 9.17) is 12.6 Å². The second kappa shape index (κ2) is 11.7. The lowest BCUT2D eigenvalue weighted by Gasteiger charge is -2.42. The van der Waals surface area contributed by atoms with Crippen molar-refractivity contribution in [1.29, 1.82) is 0 Å². The van der Waals surface area contributed by atoms with E-state index < -0.39 is 52.5 Å². The Labute approximate surface area is 211 Å². The molecular weight excluding hydrogens is 445 g/mol. The van der Waals surface area contributed by atoms with Crippen LogP contribution in [0.15, 0.2) is 30.3 Å². The van der Waals surface area contributed by atoms with Crippen molar-refractivity contribution in [2.24, 2.45) is 11.3 Å². The van der Waals surface area contributed by atoms with Gasteiger partial charge in [-0.25, -0.2) is 4.79 Å². The number of nitrogens with one attached hydrogen (secondary N) is 1.